The monoisotopic (exact) mass is 324 g/mol. The summed E-state index contributed by atoms with van der Waals surface area (Å²) in [7, 11) is 0. The average Bonchev–Trinajstić information content (AvgIpc) is 2.67. The van der Waals surface area contributed by atoms with Crippen molar-refractivity contribution in [2.24, 2.45) is 0 Å². The SMILES string of the molecule is O=C(c1ccccc1)c1ccc2cc(O)ccc2c1-c1ccccc1. The van der Waals surface area contributed by atoms with Crippen molar-refractivity contribution in [3.05, 3.63) is 102 Å². The molecule has 0 aliphatic heterocycles. The minimum atomic E-state index is -0.00516. The van der Waals surface area contributed by atoms with Crippen molar-refractivity contribution in [2.75, 3.05) is 0 Å². The third-order valence-corrected chi connectivity index (χ3v) is 4.35. The Morgan fingerprint density at radius 1 is 0.720 bits per heavy atom. The molecule has 2 heteroatoms. The normalized spacial score (nSPS) is 10.7. The zero-order valence-corrected chi connectivity index (χ0v) is 13.5. The molecule has 0 amide bonds. The number of benzene rings is 4. The number of phenolic OH excluding ortho intramolecular Hbond substituents is 1. The summed E-state index contributed by atoms with van der Waals surface area (Å²) in [6, 6.07) is 28.2. The molecule has 0 aliphatic carbocycles. The molecule has 0 heterocycles. The van der Waals surface area contributed by atoms with E-state index in [1.165, 1.54) is 0 Å². The molecule has 4 rings (SSSR count). The number of rotatable bonds is 3. The second-order valence-electron chi connectivity index (χ2n) is 5.95. The Hall–Kier alpha value is -3.39. The van der Waals surface area contributed by atoms with E-state index in [4.69, 9.17) is 0 Å². The molecule has 2 nitrogen and oxygen atoms in total. The molecule has 0 saturated carbocycles. The molecule has 0 spiro atoms. The van der Waals surface area contributed by atoms with E-state index in [-0.39, 0.29) is 11.5 Å². The molecule has 0 atom stereocenters. The summed E-state index contributed by atoms with van der Waals surface area (Å²) >= 11 is 0. The molecule has 0 saturated heterocycles. The summed E-state index contributed by atoms with van der Waals surface area (Å²) < 4.78 is 0. The van der Waals surface area contributed by atoms with E-state index in [0.29, 0.717) is 11.1 Å². The summed E-state index contributed by atoms with van der Waals surface area (Å²) in [4.78, 5) is 13.1. The number of ketones is 1. The lowest BCUT2D eigenvalue weighted by Crippen LogP contribution is -2.04. The van der Waals surface area contributed by atoms with Crippen LogP contribution in [-0.4, -0.2) is 10.9 Å². The second-order valence-corrected chi connectivity index (χ2v) is 5.95. The molecule has 4 aromatic carbocycles. The Kier molecular flexibility index (Phi) is 3.79. The summed E-state index contributed by atoms with van der Waals surface area (Å²) in [6.07, 6.45) is 0. The van der Waals surface area contributed by atoms with Crippen molar-refractivity contribution < 1.29 is 9.90 Å². The van der Waals surface area contributed by atoms with Gasteiger partial charge >= 0.3 is 0 Å². The van der Waals surface area contributed by atoms with Crippen LogP contribution in [0.25, 0.3) is 21.9 Å². The topological polar surface area (TPSA) is 37.3 Å². The Balaban J connectivity index is 2.01. The number of carbonyl (C=O) groups is 1. The molecule has 25 heavy (non-hydrogen) atoms. The molecule has 0 aliphatic rings. The van der Waals surface area contributed by atoms with Crippen LogP contribution in [0.15, 0.2) is 91.0 Å². The van der Waals surface area contributed by atoms with Gasteiger partial charge in [-0.3, -0.25) is 4.79 Å². The zero-order chi connectivity index (χ0) is 17.2. The van der Waals surface area contributed by atoms with E-state index < -0.39 is 0 Å². The number of carbonyl (C=O) groups excluding carboxylic acids is 1. The lowest BCUT2D eigenvalue weighted by molar-refractivity contribution is 0.103. The van der Waals surface area contributed by atoms with Crippen molar-refractivity contribution in [1.29, 1.82) is 0 Å². The first-order valence-electron chi connectivity index (χ1n) is 8.15. The predicted octanol–water partition coefficient (Wildman–Crippen LogP) is 5.44. The molecule has 0 radical (unpaired) electrons. The van der Waals surface area contributed by atoms with Gasteiger partial charge in [-0.05, 0) is 34.5 Å². The minimum absolute atomic E-state index is 0.00516. The number of hydrogen-bond donors (Lipinski definition) is 1. The number of fused-ring (bicyclic) bond motifs is 1. The Labute approximate surface area is 146 Å². The average molecular weight is 324 g/mol. The van der Waals surface area contributed by atoms with Gasteiger partial charge in [0, 0.05) is 16.7 Å². The van der Waals surface area contributed by atoms with E-state index in [2.05, 4.69) is 0 Å². The number of aromatic hydroxyl groups is 1. The summed E-state index contributed by atoms with van der Waals surface area (Å²) in [6.45, 7) is 0. The fraction of sp³-hybridized carbons (Fsp3) is 0. The second kappa shape index (κ2) is 6.25. The van der Waals surface area contributed by atoms with Gasteiger partial charge in [-0.2, -0.15) is 0 Å². The van der Waals surface area contributed by atoms with Crippen LogP contribution in [-0.2, 0) is 0 Å². The lowest BCUT2D eigenvalue weighted by atomic mass is 9.89. The number of phenols is 1. The van der Waals surface area contributed by atoms with Crippen LogP contribution in [0, 0.1) is 0 Å². The molecular weight excluding hydrogens is 308 g/mol. The van der Waals surface area contributed by atoms with Gasteiger partial charge in [-0.25, -0.2) is 0 Å². The summed E-state index contributed by atoms with van der Waals surface area (Å²) in [5.74, 6) is 0.211. The molecule has 0 aromatic heterocycles. The maximum Gasteiger partial charge on any atom is 0.193 e. The first-order valence-corrected chi connectivity index (χ1v) is 8.15. The first-order chi connectivity index (χ1) is 12.2. The highest BCUT2D eigenvalue weighted by Crippen LogP contribution is 2.34. The van der Waals surface area contributed by atoms with E-state index in [9.17, 15) is 9.90 Å². The van der Waals surface area contributed by atoms with Gasteiger partial charge in [0.1, 0.15) is 5.75 Å². The van der Waals surface area contributed by atoms with Crippen molar-refractivity contribution in [1.82, 2.24) is 0 Å². The highest BCUT2D eigenvalue weighted by molar-refractivity contribution is 6.17. The first kappa shape index (κ1) is 15.2. The summed E-state index contributed by atoms with van der Waals surface area (Å²) in [5.41, 5.74) is 3.21. The highest BCUT2D eigenvalue weighted by atomic mass is 16.3. The van der Waals surface area contributed by atoms with Crippen LogP contribution >= 0.6 is 0 Å². The lowest BCUT2D eigenvalue weighted by Gasteiger charge is -2.13. The smallest absolute Gasteiger partial charge is 0.193 e. The van der Waals surface area contributed by atoms with Crippen molar-refractivity contribution in [3.63, 3.8) is 0 Å². The van der Waals surface area contributed by atoms with Gasteiger partial charge < -0.3 is 5.11 Å². The Bertz CT molecular complexity index is 1050. The van der Waals surface area contributed by atoms with Gasteiger partial charge in [-0.15, -0.1) is 0 Å². The fourth-order valence-corrected chi connectivity index (χ4v) is 3.17. The fourth-order valence-electron chi connectivity index (χ4n) is 3.17. The van der Waals surface area contributed by atoms with Gasteiger partial charge in [0.25, 0.3) is 0 Å². The van der Waals surface area contributed by atoms with Crippen molar-refractivity contribution >= 4 is 16.6 Å². The van der Waals surface area contributed by atoms with Crippen molar-refractivity contribution in [2.45, 2.75) is 0 Å². The van der Waals surface area contributed by atoms with E-state index >= 15 is 0 Å². The van der Waals surface area contributed by atoms with E-state index in [0.717, 1.165) is 21.9 Å². The van der Waals surface area contributed by atoms with E-state index in [1.54, 1.807) is 12.1 Å². The minimum Gasteiger partial charge on any atom is -0.508 e. The molecule has 1 N–H and O–H groups in total. The van der Waals surface area contributed by atoms with Gasteiger partial charge in [0.2, 0.25) is 0 Å². The molecule has 0 bridgehead atoms. The molecule has 120 valence electrons. The zero-order valence-electron chi connectivity index (χ0n) is 13.5. The quantitative estimate of drug-likeness (QED) is 0.509. The third kappa shape index (κ3) is 2.79. The standard InChI is InChI=1S/C23H16O2/c24-19-12-14-20-18(15-19)11-13-21(22(20)16-7-3-1-4-8-16)23(25)17-9-5-2-6-10-17/h1-15,24H. The van der Waals surface area contributed by atoms with Gasteiger partial charge in [0.15, 0.2) is 5.78 Å². The number of hydrogen-bond acceptors (Lipinski definition) is 2. The molecular formula is C23H16O2. The maximum absolute atomic E-state index is 13.1. The Morgan fingerprint density at radius 3 is 2.12 bits per heavy atom. The molecule has 0 fully saturated rings. The maximum atomic E-state index is 13.1. The largest absolute Gasteiger partial charge is 0.508 e. The van der Waals surface area contributed by atoms with Crippen LogP contribution in [0.3, 0.4) is 0 Å². The highest BCUT2D eigenvalue weighted by Gasteiger charge is 2.17. The van der Waals surface area contributed by atoms with Crippen LogP contribution in [0.2, 0.25) is 0 Å². The Morgan fingerprint density at radius 2 is 1.40 bits per heavy atom. The van der Waals surface area contributed by atoms with Crippen LogP contribution < -0.4 is 0 Å². The van der Waals surface area contributed by atoms with Gasteiger partial charge in [0.05, 0.1) is 0 Å². The van der Waals surface area contributed by atoms with E-state index in [1.807, 2.05) is 78.9 Å². The summed E-state index contributed by atoms with van der Waals surface area (Å²) in [5, 5.41) is 11.6. The van der Waals surface area contributed by atoms with Crippen LogP contribution in [0.5, 0.6) is 5.75 Å². The predicted molar refractivity (Wildman–Crippen MR) is 101 cm³/mol. The van der Waals surface area contributed by atoms with Crippen LogP contribution in [0.4, 0.5) is 0 Å². The van der Waals surface area contributed by atoms with Crippen LogP contribution in [0.1, 0.15) is 15.9 Å². The van der Waals surface area contributed by atoms with Crippen molar-refractivity contribution in [3.8, 4) is 16.9 Å². The van der Waals surface area contributed by atoms with Gasteiger partial charge in [-0.1, -0.05) is 72.8 Å². The molecule has 4 aromatic rings. The third-order valence-electron chi connectivity index (χ3n) is 4.35. The molecule has 0 unspecified atom stereocenters.